The Balaban J connectivity index is 2.20. The van der Waals surface area contributed by atoms with E-state index in [0.29, 0.717) is 6.54 Å². The molecule has 1 aromatic heterocycles. The molecule has 0 bridgehead atoms. The predicted octanol–water partition coefficient (Wildman–Crippen LogP) is 3.10. The van der Waals surface area contributed by atoms with E-state index < -0.39 is 12.6 Å². The van der Waals surface area contributed by atoms with Crippen LogP contribution in [0.3, 0.4) is 0 Å². The Morgan fingerprint density at radius 2 is 2.07 bits per heavy atom. The highest BCUT2D eigenvalue weighted by Crippen LogP contribution is 2.18. The first-order valence-corrected chi connectivity index (χ1v) is 5.22. The number of halogens is 3. The van der Waals surface area contributed by atoms with Crippen LogP contribution in [-0.2, 0) is 6.54 Å². The quantitative estimate of drug-likeness (QED) is 0.773. The van der Waals surface area contributed by atoms with Crippen molar-refractivity contribution in [3.63, 3.8) is 0 Å². The lowest BCUT2D eigenvalue weighted by molar-refractivity contribution is -0.133. The van der Waals surface area contributed by atoms with E-state index in [1.54, 1.807) is 11.3 Å². The molecule has 0 radical (unpaired) electrons. The SMILES string of the molecule is Cc1cscc1CNCCC(F)(F)F. The largest absolute Gasteiger partial charge is 0.390 e. The van der Waals surface area contributed by atoms with E-state index in [1.807, 2.05) is 17.7 Å². The summed E-state index contributed by atoms with van der Waals surface area (Å²) in [6, 6.07) is 0. The van der Waals surface area contributed by atoms with Gasteiger partial charge in [-0.3, -0.25) is 0 Å². The smallest absolute Gasteiger partial charge is 0.312 e. The Hall–Kier alpha value is -0.550. The van der Waals surface area contributed by atoms with Gasteiger partial charge in [0.25, 0.3) is 0 Å². The van der Waals surface area contributed by atoms with Crippen molar-refractivity contribution < 1.29 is 13.2 Å². The lowest BCUT2D eigenvalue weighted by Crippen LogP contribution is -2.21. The molecule has 0 saturated carbocycles. The normalized spacial score (nSPS) is 12.0. The van der Waals surface area contributed by atoms with Crippen LogP contribution in [-0.4, -0.2) is 12.7 Å². The summed E-state index contributed by atoms with van der Waals surface area (Å²) in [6.45, 7) is 2.46. The zero-order chi connectivity index (χ0) is 10.6. The van der Waals surface area contributed by atoms with Crippen molar-refractivity contribution in [2.24, 2.45) is 0 Å². The molecule has 0 fully saturated rings. The summed E-state index contributed by atoms with van der Waals surface area (Å²) in [6.07, 6.45) is -4.83. The number of hydrogen-bond donors (Lipinski definition) is 1. The van der Waals surface area contributed by atoms with Crippen molar-refractivity contribution in [1.82, 2.24) is 5.32 Å². The van der Waals surface area contributed by atoms with Gasteiger partial charge in [0, 0.05) is 13.1 Å². The average Bonchev–Trinajstić information content (AvgIpc) is 2.44. The number of hydrogen-bond acceptors (Lipinski definition) is 2. The van der Waals surface area contributed by atoms with E-state index in [-0.39, 0.29) is 6.54 Å². The molecule has 1 rings (SSSR count). The Bertz CT molecular complexity index is 280. The summed E-state index contributed by atoms with van der Waals surface area (Å²) < 4.78 is 35.3. The molecule has 0 atom stereocenters. The maximum absolute atomic E-state index is 11.8. The number of nitrogens with one attached hydrogen (secondary N) is 1. The monoisotopic (exact) mass is 223 g/mol. The van der Waals surface area contributed by atoms with E-state index in [9.17, 15) is 13.2 Å². The van der Waals surface area contributed by atoms with Crippen LogP contribution >= 0.6 is 11.3 Å². The number of rotatable bonds is 4. The molecule has 80 valence electrons. The van der Waals surface area contributed by atoms with Gasteiger partial charge in [-0.25, -0.2) is 0 Å². The summed E-state index contributed by atoms with van der Waals surface area (Å²) >= 11 is 1.57. The van der Waals surface area contributed by atoms with E-state index in [2.05, 4.69) is 5.32 Å². The average molecular weight is 223 g/mol. The molecule has 0 aromatic carbocycles. The van der Waals surface area contributed by atoms with Gasteiger partial charge >= 0.3 is 6.18 Å². The van der Waals surface area contributed by atoms with Gasteiger partial charge in [-0.1, -0.05) is 0 Å². The molecular formula is C9H12F3NS. The third kappa shape index (κ3) is 4.11. The maximum atomic E-state index is 11.8. The van der Waals surface area contributed by atoms with Crippen LogP contribution in [0.4, 0.5) is 13.2 Å². The second-order valence-electron chi connectivity index (χ2n) is 3.12. The van der Waals surface area contributed by atoms with Gasteiger partial charge in [-0.15, -0.1) is 0 Å². The minimum Gasteiger partial charge on any atom is -0.312 e. The van der Waals surface area contributed by atoms with Gasteiger partial charge in [-0.05, 0) is 28.8 Å². The summed E-state index contributed by atoms with van der Waals surface area (Å²) in [5.41, 5.74) is 2.21. The van der Waals surface area contributed by atoms with Gasteiger partial charge in [0.05, 0.1) is 6.42 Å². The highest BCUT2D eigenvalue weighted by molar-refractivity contribution is 7.08. The summed E-state index contributed by atoms with van der Waals surface area (Å²) in [4.78, 5) is 0. The molecule has 1 aromatic rings. The van der Waals surface area contributed by atoms with E-state index in [0.717, 1.165) is 11.1 Å². The molecule has 0 amide bonds. The molecule has 0 spiro atoms. The van der Waals surface area contributed by atoms with Crippen LogP contribution in [0.5, 0.6) is 0 Å². The summed E-state index contributed by atoms with van der Waals surface area (Å²) in [5.74, 6) is 0. The van der Waals surface area contributed by atoms with Crippen molar-refractivity contribution in [2.45, 2.75) is 26.1 Å². The number of aryl methyl sites for hydroxylation is 1. The van der Waals surface area contributed by atoms with Gasteiger partial charge in [0.1, 0.15) is 0 Å². The van der Waals surface area contributed by atoms with E-state index in [4.69, 9.17) is 0 Å². The molecule has 14 heavy (non-hydrogen) atoms. The van der Waals surface area contributed by atoms with Gasteiger partial charge in [-0.2, -0.15) is 24.5 Å². The lowest BCUT2D eigenvalue weighted by Gasteiger charge is -2.07. The Labute approximate surface area is 84.9 Å². The number of alkyl halides is 3. The van der Waals surface area contributed by atoms with Crippen LogP contribution in [0.25, 0.3) is 0 Å². The van der Waals surface area contributed by atoms with Crippen molar-refractivity contribution in [3.8, 4) is 0 Å². The van der Waals surface area contributed by atoms with Gasteiger partial charge < -0.3 is 5.32 Å². The second kappa shape index (κ2) is 4.79. The molecule has 5 heteroatoms. The molecule has 0 saturated heterocycles. The molecule has 1 heterocycles. The van der Waals surface area contributed by atoms with Crippen LogP contribution in [0.15, 0.2) is 10.8 Å². The first kappa shape index (κ1) is 11.5. The summed E-state index contributed by atoms with van der Waals surface area (Å²) in [5, 5.41) is 6.71. The topological polar surface area (TPSA) is 12.0 Å². The third-order valence-electron chi connectivity index (χ3n) is 1.86. The molecule has 1 N–H and O–H groups in total. The molecule has 0 aliphatic rings. The van der Waals surface area contributed by atoms with Crippen molar-refractivity contribution in [2.75, 3.05) is 6.54 Å². The highest BCUT2D eigenvalue weighted by atomic mass is 32.1. The molecule has 1 nitrogen and oxygen atoms in total. The van der Waals surface area contributed by atoms with Crippen LogP contribution in [0, 0.1) is 6.92 Å². The van der Waals surface area contributed by atoms with Gasteiger partial charge in [0.15, 0.2) is 0 Å². The van der Waals surface area contributed by atoms with E-state index >= 15 is 0 Å². The van der Waals surface area contributed by atoms with Crippen molar-refractivity contribution in [1.29, 1.82) is 0 Å². The second-order valence-corrected chi connectivity index (χ2v) is 3.87. The van der Waals surface area contributed by atoms with Crippen LogP contribution < -0.4 is 5.32 Å². The predicted molar refractivity (Wildman–Crippen MR) is 51.4 cm³/mol. The minimum absolute atomic E-state index is 0.0151. The lowest BCUT2D eigenvalue weighted by atomic mass is 10.2. The fourth-order valence-electron chi connectivity index (χ4n) is 1.02. The molecule has 0 unspecified atom stereocenters. The maximum Gasteiger partial charge on any atom is 0.390 e. The Kier molecular flexibility index (Phi) is 3.95. The first-order chi connectivity index (χ1) is 6.49. The number of thiophene rings is 1. The van der Waals surface area contributed by atoms with E-state index in [1.165, 1.54) is 0 Å². The zero-order valence-corrected chi connectivity index (χ0v) is 8.63. The molecule has 0 aliphatic heterocycles. The third-order valence-corrected chi connectivity index (χ3v) is 2.77. The van der Waals surface area contributed by atoms with Crippen LogP contribution in [0.1, 0.15) is 17.5 Å². The summed E-state index contributed by atoms with van der Waals surface area (Å²) in [7, 11) is 0. The zero-order valence-electron chi connectivity index (χ0n) is 7.82. The fourth-order valence-corrected chi connectivity index (χ4v) is 1.88. The van der Waals surface area contributed by atoms with Crippen molar-refractivity contribution in [3.05, 3.63) is 21.9 Å². The standard InChI is InChI=1S/C9H12F3NS/c1-7-5-14-6-8(7)4-13-3-2-9(10,11)12/h5-6,13H,2-4H2,1H3. The highest BCUT2D eigenvalue weighted by Gasteiger charge is 2.25. The van der Waals surface area contributed by atoms with Gasteiger partial charge in [0.2, 0.25) is 0 Å². The van der Waals surface area contributed by atoms with Crippen LogP contribution in [0.2, 0.25) is 0 Å². The molecule has 0 aliphatic carbocycles. The fraction of sp³-hybridized carbons (Fsp3) is 0.556. The first-order valence-electron chi connectivity index (χ1n) is 4.28. The Morgan fingerprint density at radius 3 is 2.57 bits per heavy atom. The minimum atomic E-state index is -4.06. The Morgan fingerprint density at radius 1 is 1.36 bits per heavy atom. The molecular weight excluding hydrogens is 211 g/mol. The van der Waals surface area contributed by atoms with Crippen molar-refractivity contribution >= 4 is 11.3 Å².